The molecule has 0 heterocycles. The Kier molecular flexibility index (Phi) is 4.47. The number of alkyl halides is 3. The Labute approximate surface area is 110 Å². The predicted molar refractivity (Wildman–Crippen MR) is 66.5 cm³/mol. The fourth-order valence-corrected chi connectivity index (χ4v) is 2.25. The van der Waals surface area contributed by atoms with Crippen LogP contribution in [0.4, 0.5) is 13.2 Å². The van der Waals surface area contributed by atoms with Crippen LogP contribution in [0.15, 0.2) is 24.3 Å². The standard InChI is InChI=1S/C14H18F3NO/c15-14(16,17)12-3-1-2-10(8-12)9-18-13(6-7-19)11-4-5-11/h1-3,8,11,13,18-19H,4-7,9H2. The fourth-order valence-electron chi connectivity index (χ4n) is 2.25. The van der Waals surface area contributed by atoms with Crippen LogP contribution in [0.3, 0.4) is 0 Å². The lowest BCUT2D eigenvalue weighted by Crippen LogP contribution is -2.31. The molecule has 1 atom stereocenters. The third-order valence-electron chi connectivity index (χ3n) is 3.45. The van der Waals surface area contributed by atoms with E-state index >= 15 is 0 Å². The van der Waals surface area contributed by atoms with Crippen molar-refractivity contribution < 1.29 is 18.3 Å². The molecule has 0 saturated heterocycles. The molecular weight excluding hydrogens is 255 g/mol. The maximum absolute atomic E-state index is 12.6. The van der Waals surface area contributed by atoms with Crippen molar-refractivity contribution in [3.63, 3.8) is 0 Å². The van der Waals surface area contributed by atoms with Crippen LogP contribution in [0.25, 0.3) is 0 Å². The summed E-state index contributed by atoms with van der Waals surface area (Å²) in [5, 5.41) is 12.2. The molecule has 0 aromatic heterocycles. The van der Waals surface area contributed by atoms with Gasteiger partial charge < -0.3 is 10.4 Å². The number of aliphatic hydroxyl groups excluding tert-OH is 1. The lowest BCUT2D eigenvalue weighted by atomic mass is 10.1. The number of nitrogens with one attached hydrogen (secondary N) is 1. The topological polar surface area (TPSA) is 32.3 Å². The summed E-state index contributed by atoms with van der Waals surface area (Å²) < 4.78 is 37.7. The van der Waals surface area contributed by atoms with Crippen LogP contribution >= 0.6 is 0 Å². The minimum Gasteiger partial charge on any atom is -0.396 e. The Balaban J connectivity index is 1.95. The SMILES string of the molecule is OCCC(NCc1cccc(C(F)(F)F)c1)C1CC1. The van der Waals surface area contributed by atoms with E-state index in [4.69, 9.17) is 5.11 Å². The summed E-state index contributed by atoms with van der Waals surface area (Å²) in [4.78, 5) is 0. The van der Waals surface area contributed by atoms with Crippen molar-refractivity contribution in [2.24, 2.45) is 5.92 Å². The first-order chi connectivity index (χ1) is 9.00. The number of aliphatic hydroxyl groups is 1. The van der Waals surface area contributed by atoms with Crippen molar-refractivity contribution in [3.05, 3.63) is 35.4 Å². The molecule has 106 valence electrons. The number of benzene rings is 1. The average Bonchev–Trinajstić information content (AvgIpc) is 3.18. The average molecular weight is 273 g/mol. The Hall–Kier alpha value is -1.07. The van der Waals surface area contributed by atoms with Crippen LogP contribution in [-0.2, 0) is 12.7 Å². The molecule has 1 aromatic rings. The van der Waals surface area contributed by atoms with Crippen LogP contribution < -0.4 is 5.32 Å². The molecule has 1 aliphatic rings. The van der Waals surface area contributed by atoms with Gasteiger partial charge in [-0.05, 0) is 36.8 Å². The molecule has 2 rings (SSSR count). The molecule has 2 nitrogen and oxygen atoms in total. The molecule has 0 amide bonds. The first-order valence-corrected chi connectivity index (χ1v) is 6.51. The van der Waals surface area contributed by atoms with E-state index in [1.54, 1.807) is 6.07 Å². The van der Waals surface area contributed by atoms with Gasteiger partial charge in [0.1, 0.15) is 0 Å². The zero-order valence-electron chi connectivity index (χ0n) is 10.6. The number of rotatable bonds is 6. The molecule has 1 saturated carbocycles. The van der Waals surface area contributed by atoms with E-state index in [1.807, 2.05) is 0 Å². The van der Waals surface area contributed by atoms with Crippen molar-refractivity contribution in [3.8, 4) is 0 Å². The summed E-state index contributed by atoms with van der Waals surface area (Å²) >= 11 is 0. The van der Waals surface area contributed by atoms with Gasteiger partial charge in [-0.1, -0.05) is 18.2 Å². The van der Waals surface area contributed by atoms with Gasteiger partial charge in [0, 0.05) is 19.2 Å². The molecule has 19 heavy (non-hydrogen) atoms. The van der Waals surface area contributed by atoms with E-state index in [0.29, 0.717) is 24.4 Å². The van der Waals surface area contributed by atoms with Gasteiger partial charge in [0.05, 0.1) is 5.56 Å². The van der Waals surface area contributed by atoms with E-state index in [9.17, 15) is 13.2 Å². The normalized spacial score (nSPS) is 17.5. The Morgan fingerprint density at radius 2 is 2.05 bits per heavy atom. The van der Waals surface area contributed by atoms with Crippen LogP contribution in [0.2, 0.25) is 0 Å². The highest BCUT2D eigenvalue weighted by Crippen LogP contribution is 2.34. The first-order valence-electron chi connectivity index (χ1n) is 6.51. The molecule has 0 spiro atoms. The number of halogens is 3. The van der Waals surface area contributed by atoms with Gasteiger partial charge in [-0.15, -0.1) is 0 Å². The predicted octanol–water partition coefficient (Wildman–Crippen LogP) is 2.96. The highest BCUT2D eigenvalue weighted by atomic mass is 19.4. The van der Waals surface area contributed by atoms with Gasteiger partial charge in [-0.3, -0.25) is 0 Å². The second kappa shape index (κ2) is 5.92. The van der Waals surface area contributed by atoms with E-state index in [0.717, 1.165) is 18.9 Å². The van der Waals surface area contributed by atoms with Crippen molar-refractivity contribution >= 4 is 0 Å². The summed E-state index contributed by atoms with van der Waals surface area (Å²) in [6.07, 6.45) is -1.36. The molecule has 0 aliphatic heterocycles. The van der Waals surface area contributed by atoms with Gasteiger partial charge in [0.2, 0.25) is 0 Å². The highest BCUT2D eigenvalue weighted by molar-refractivity contribution is 5.25. The largest absolute Gasteiger partial charge is 0.416 e. The van der Waals surface area contributed by atoms with Crippen molar-refractivity contribution in [1.82, 2.24) is 5.32 Å². The molecule has 1 aliphatic carbocycles. The highest BCUT2D eigenvalue weighted by Gasteiger charge is 2.31. The van der Waals surface area contributed by atoms with Gasteiger partial charge >= 0.3 is 6.18 Å². The Morgan fingerprint density at radius 3 is 2.63 bits per heavy atom. The first kappa shape index (κ1) is 14.3. The smallest absolute Gasteiger partial charge is 0.396 e. The third kappa shape index (κ3) is 4.21. The maximum Gasteiger partial charge on any atom is 0.416 e. The van der Waals surface area contributed by atoms with Crippen molar-refractivity contribution in [1.29, 1.82) is 0 Å². The van der Waals surface area contributed by atoms with Crippen LogP contribution in [0, 0.1) is 5.92 Å². The fraction of sp³-hybridized carbons (Fsp3) is 0.571. The minimum absolute atomic E-state index is 0.108. The quantitative estimate of drug-likeness (QED) is 0.835. The molecule has 1 aromatic carbocycles. The number of hydrogen-bond donors (Lipinski definition) is 2. The molecular formula is C14H18F3NO. The van der Waals surface area contributed by atoms with Crippen molar-refractivity contribution in [2.45, 2.75) is 38.0 Å². The van der Waals surface area contributed by atoms with Gasteiger partial charge in [0.25, 0.3) is 0 Å². The second-order valence-corrected chi connectivity index (χ2v) is 5.04. The number of hydrogen-bond acceptors (Lipinski definition) is 2. The Bertz CT molecular complexity index is 415. The molecule has 1 unspecified atom stereocenters. The maximum atomic E-state index is 12.6. The zero-order chi connectivity index (χ0) is 13.9. The van der Waals surface area contributed by atoms with Gasteiger partial charge in [-0.2, -0.15) is 13.2 Å². The summed E-state index contributed by atoms with van der Waals surface area (Å²) in [6.45, 7) is 0.516. The lowest BCUT2D eigenvalue weighted by molar-refractivity contribution is -0.137. The zero-order valence-corrected chi connectivity index (χ0v) is 10.6. The molecule has 2 N–H and O–H groups in total. The summed E-state index contributed by atoms with van der Waals surface area (Å²) in [5.41, 5.74) is 0.00958. The van der Waals surface area contributed by atoms with E-state index in [2.05, 4.69) is 5.32 Å². The van der Waals surface area contributed by atoms with Gasteiger partial charge in [-0.25, -0.2) is 0 Å². The van der Waals surface area contributed by atoms with Crippen LogP contribution in [-0.4, -0.2) is 17.8 Å². The summed E-state index contributed by atoms with van der Waals surface area (Å²) in [6, 6.07) is 5.58. The van der Waals surface area contributed by atoms with E-state index in [-0.39, 0.29) is 12.6 Å². The van der Waals surface area contributed by atoms with Crippen molar-refractivity contribution in [2.75, 3.05) is 6.61 Å². The molecule has 0 bridgehead atoms. The van der Waals surface area contributed by atoms with E-state index in [1.165, 1.54) is 12.1 Å². The summed E-state index contributed by atoms with van der Waals surface area (Å²) in [5.74, 6) is 0.568. The van der Waals surface area contributed by atoms with Gasteiger partial charge in [0.15, 0.2) is 0 Å². The third-order valence-corrected chi connectivity index (χ3v) is 3.45. The van der Waals surface area contributed by atoms with Crippen LogP contribution in [0.1, 0.15) is 30.4 Å². The molecule has 0 radical (unpaired) electrons. The lowest BCUT2D eigenvalue weighted by Gasteiger charge is -2.17. The second-order valence-electron chi connectivity index (χ2n) is 5.04. The van der Waals surface area contributed by atoms with E-state index < -0.39 is 11.7 Å². The monoisotopic (exact) mass is 273 g/mol. The molecule has 5 heteroatoms. The minimum atomic E-state index is -4.29. The Morgan fingerprint density at radius 1 is 1.32 bits per heavy atom. The van der Waals surface area contributed by atoms with Crippen LogP contribution in [0.5, 0.6) is 0 Å². The summed E-state index contributed by atoms with van der Waals surface area (Å²) in [7, 11) is 0. The molecule has 1 fully saturated rings.